The summed E-state index contributed by atoms with van der Waals surface area (Å²) in [6.07, 6.45) is 8.92. The monoisotopic (exact) mass is 238 g/mol. The van der Waals surface area contributed by atoms with Gasteiger partial charge in [0.25, 0.3) is 0 Å². The molecular formula is C14H22OS. The number of carbonyl (C=O) groups excluding carboxylic acids is 1. The van der Waals surface area contributed by atoms with Crippen LogP contribution in [0.25, 0.3) is 0 Å². The van der Waals surface area contributed by atoms with Crippen molar-refractivity contribution in [2.45, 2.75) is 62.9 Å². The highest BCUT2D eigenvalue weighted by Crippen LogP contribution is 2.46. The van der Waals surface area contributed by atoms with Crippen LogP contribution in [0.2, 0.25) is 0 Å². The number of rotatable bonds is 4. The van der Waals surface area contributed by atoms with Gasteiger partial charge in [0.1, 0.15) is 5.78 Å². The Morgan fingerprint density at radius 3 is 2.44 bits per heavy atom. The van der Waals surface area contributed by atoms with Gasteiger partial charge in [-0.3, -0.25) is 4.79 Å². The molecule has 2 fully saturated rings. The Morgan fingerprint density at radius 1 is 1.25 bits per heavy atom. The summed E-state index contributed by atoms with van der Waals surface area (Å²) in [5.74, 6) is 0.916. The minimum atomic E-state index is 0.393. The van der Waals surface area contributed by atoms with Crippen LogP contribution in [0.4, 0.5) is 0 Å². The zero-order chi connectivity index (χ0) is 11.5. The number of fused-ring (bicyclic) bond motifs is 2. The molecule has 2 aliphatic heterocycles. The summed E-state index contributed by atoms with van der Waals surface area (Å²) in [5.41, 5.74) is 1.33. The first-order valence-corrected chi connectivity index (χ1v) is 7.41. The van der Waals surface area contributed by atoms with Gasteiger partial charge in [-0.2, -0.15) is 11.8 Å². The molecule has 0 aromatic heterocycles. The molecule has 2 atom stereocenters. The fraction of sp³-hybridized carbons (Fsp3) is 0.786. The van der Waals surface area contributed by atoms with Crippen LogP contribution in [0.1, 0.15) is 52.4 Å². The fourth-order valence-electron chi connectivity index (χ4n) is 2.83. The van der Waals surface area contributed by atoms with Crippen molar-refractivity contribution in [3.8, 4) is 0 Å². The molecule has 0 aromatic rings. The second kappa shape index (κ2) is 5.39. The lowest BCUT2D eigenvalue weighted by Gasteiger charge is -2.26. The summed E-state index contributed by atoms with van der Waals surface area (Å²) < 4.78 is 0. The maximum absolute atomic E-state index is 12.1. The lowest BCUT2D eigenvalue weighted by molar-refractivity contribution is -0.123. The molecule has 0 amide bonds. The molecule has 2 aliphatic rings. The Bertz CT molecular complexity index is 279. The van der Waals surface area contributed by atoms with Crippen molar-refractivity contribution in [3.05, 3.63) is 11.6 Å². The van der Waals surface area contributed by atoms with Gasteiger partial charge in [-0.1, -0.05) is 11.6 Å². The van der Waals surface area contributed by atoms with Crippen molar-refractivity contribution >= 4 is 17.5 Å². The number of hydrogen-bond donors (Lipinski definition) is 0. The average molecular weight is 238 g/mol. The third-order valence-corrected chi connectivity index (χ3v) is 5.32. The third-order valence-electron chi connectivity index (χ3n) is 3.69. The van der Waals surface area contributed by atoms with Crippen molar-refractivity contribution in [1.82, 2.24) is 0 Å². The van der Waals surface area contributed by atoms with Crippen molar-refractivity contribution in [1.29, 1.82) is 0 Å². The number of Topliss-reactive ketones (excluding diaryl/α,β-unsaturated/α-hetero) is 1. The summed E-state index contributed by atoms with van der Waals surface area (Å²) in [5, 5.41) is 1.60. The van der Waals surface area contributed by atoms with Crippen LogP contribution >= 0.6 is 11.8 Å². The van der Waals surface area contributed by atoms with E-state index in [0.29, 0.717) is 11.7 Å². The van der Waals surface area contributed by atoms with Crippen molar-refractivity contribution in [3.63, 3.8) is 0 Å². The van der Waals surface area contributed by atoms with Crippen LogP contribution in [-0.2, 0) is 4.79 Å². The van der Waals surface area contributed by atoms with Crippen molar-refractivity contribution in [2.24, 2.45) is 5.92 Å². The molecule has 16 heavy (non-hydrogen) atoms. The maximum atomic E-state index is 12.1. The van der Waals surface area contributed by atoms with Crippen LogP contribution < -0.4 is 0 Å². The lowest BCUT2D eigenvalue weighted by atomic mass is 9.92. The molecule has 2 bridgehead atoms. The maximum Gasteiger partial charge on any atom is 0.136 e. The first-order valence-electron chi connectivity index (χ1n) is 6.46. The van der Waals surface area contributed by atoms with E-state index < -0.39 is 0 Å². The van der Waals surface area contributed by atoms with Gasteiger partial charge in [0.2, 0.25) is 0 Å². The summed E-state index contributed by atoms with van der Waals surface area (Å²) in [4.78, 5) is 12.1. The molecule has 0 aromatic carbocycles. The molecule has 0 aliphatic carbocycles. The highest BCUT2D eigenvalue weighted by atomic mass is 32.2. The zero-order valence-electron chi connectivity index (χ0n) is 10.4. The normalized spacial score (nSPS) is 32.5. The Morgan fingerprint density at radius 2 is 1.88 bits per heavy atom. The van der Waals surface area contributed by atoms with Gasteiger partial charge in [0.05, 0.1) is 0 Å². The summed E-state index contributed by atoms with van der Waals surface area (Å²) >= 11 is 2.14. The zero-order valence-corrected chi connectivity index (χ0v) is 11.2. The minimum Gasteiger partial charge on any atom is -0.299 e. The van der Waals surface area contributed by atoms with Gasteiger partial charge in [-0.15, -0.1) is 0 Å². The number of thioether (sulfide) groups is 1. The smallest absolute Gasteiger partial charge is 0.136 e. The summed E-state index contributed by atoms with van der Waals surface area (Å²) in [7, 11) is 0. The SMILES string of the molecule is CC(C)=CCCC(=O)C1CC2CCC(C1)S2. The average Bonchev–Trinajstić information content (AvgIpc) is 2.57. The molecule has 2 unspecified atom stereocenters. The van der Waals surface area contributed by atoms with Gasteiger partial charge < -0.3 is 0 Å². The quantitative estimate of drug-likeness (QED) is 0.689. The molecule has 2 rings (SSSR count). The van der Waals surface area contributed by atoms with Gasteiger partial charge in [-0.25, -0.2) is 0 Å². The Balaban J connectivity index is 1.79. The van der Waals surface area contributed by atoms with Crippen molar-refractivity contribution < 1.29 is 4.79 Å². The van der Waals surface area contributed by atoms with Gasteiger partial charge in [0, 0.05) is 22.8 Å². The van der Waals surface area contributed by atoms with E-state index in [1.165, 1.54) is 18.4 Å². The second-order valence-corrected chi connectivity index (χ2v) is 7.02. The van der Waals surface area contributed by atoms with E-state index in [0.717, 1.165) is 36.2 Å². The van der Waals surface area contributed by atoms with Gasteiger partial charge in [0.15, 0.2) is 0 Å². The van der Waals surface area contributed by atoms with Crippen molar-refractivity contribution in [2.75, 3.05) is 0 Å². The predicted octanol–water partition coefficient (Wildman–Crippen LogP) is 3.98. The first kappa shape index (κ1) is 12.2. The molecule has 0 saturated carbocycles. The molecule has 2 heterocycles. The van der Waals surface area contributed by atoms with E-state index in [-0.39, 0.29) is 0 Å². The second-order valence-electron chi connectivity index (χ2n) is 5.41. The van der Waals surface area contributed by atoms with E-state index in [1.54, 1.807) is 0 Å². The summed E-state index contributed by atoms with van der Waals surface area (Å²) in [6, 6.07) is 0. The molecule has 0 N–H and O–H groups in total. The molecule has 0 radical (unpaired) electrons. The first-order chi connectivity index (χ1) is 7.65. The van der Waals surface area contributed by atoms with Crippen LogP contribution in [-0.4, -0.2) is 16.3 Å². The fourth-order valence-corrected chi connectivity index (χ4v) is 4.60. The van der Waals surface area contributed by atoms with Crippen LogP contribution in [0.5, 0.6) is 0 Å². The molecule has 1 nitrogen and oxygen atoms in total. The molecule has 2 heteroatoms. The number of allylic oxidation sites excluding steroid dienone is 2. The van der Waals surface area contributed by atoms with Crippen LogP contribution in [0, 0.1) is 5.92 Å². The Labute approximate surface area is 103 Å². The molecular weight excluding hydrogens is 216 g/mol. The van der Waals surface area contributed by atoms with Crippen LogP contribution in [0.3, 0.4) is 0 Å². The number of hydrogen-bond acceptors (Lipinski definition) is 2. The Kier molecular flexibility index (Phi) is 4.12. The number of carbonyl (C=O) groups is 1. The number of ketones is 1. The van der Waals surface area contributed by atoms with E-state index >= 15 is 0 Å². The van der Waals surface area contributed by atoms with Gasteiger partial charge >= 0.3 is 0 Å². The lowest BCUT2D eigenvalue weighted by Crippen LogP contribution is -2.24. The van der Waals surface area contributed by atoms with E-state index in [2.05, 4.69) is 31.7 Å². The molecule has 90 valence electrons. The minimum absolute atomic E-state index is 0.393. The largest absolute Gasteiger partial charge is 0.299 e. The predicted molar refractivity (Wildman–Crippen MR) is 70.8 cm³/mol. The topological polar surface area (TPSA) is 17.1 Å². The molecule has 0 spiro atoms. The summed E-state index contributed by atoms with van der Waals surface area (Å²) in [6.45, 7) is 4.20. The van der Waals surface area contributed by atoms with E-state index in [1.807, 2.05) is 0 Å². The van der Waals surface area contributed by atoms with Gasteiger partial charge in [-0.05, 0) is 46.0 Å². The Hall–Kier alpha value is -0.240. The van der Waals surface area contributed by atoms with E-state index in [9.17, 15) is 4.79 Å². The third kappa shape index (κ3) is 3.13. The highest BCUT2D eigenvalue weighted by Gasteiger charge is 2.37. The van der Waals surface area contributed by atoms with E-state index in [4.69, 9.17) is 0 Å². The standard InChI is InChI=1S/C14H22OS/c1-10(2)4-3-5-14(15)11-8-12-6-7-13(9-11)16-12/h4,11-13H,3,5-9H2,1-2H3. The highest BCUT2D eigenvalue weighted by molar-refractivity contribution is 8.00. The van der Waals surface area contributed by atoms with Crippen LogP contribution in [0.15, 0.2) is 11.6 Å². The molecule has 2 saturated heterocycles.